The van der Waals surface area contributed by atoms with Crippen LogP contribution in [-0.4, -0.2) is 39.1 Å². The molecule has 0 saturated carbocycles. The van der Waals surface area contributed by atoms with Crippen LogP contribution in [0.3, 0.4) is 0 Å². The first kappa shape index (κ1) is 25.7. The Bertz CT molecular complexity index is 810. The first-order valence-corrected chi connectivity index (χ1v) is 13.8. The van der Waals surface area contributed by atoms with Crippen LogP contribution in [0.2, 0.25) is 23.2 Å². The van der Waals surface area contributed by atoms with Crippen molar-refractivity contribution < 1.29 is 28.2 Å². The molecule has 0 fully saturated rings. The van der Waals surface area contributed by atoms with E-state index in [0.717, 1.165) is 11.8 Å². The lowest BCUT2D eigenvalue weighted by Gasteiger charge is -2.40. The predicted molar refractivity (Wildman–Crippen MR) is 123 cm³/mol. The highest BCUT2D eigenvalue weighted by Crippen LogP contribution is 2.41. The molecular formula is C23H35ClO6Si. The molecule has 0 N–H and O–H groups in total. The molecule has 31 heavy (non-hydrogen) atoms. The molecule has 174 valence electrons. The fourth-order valence-electron chi connectivity index (χ4n) is 3.10. The molecule has 6 nitrogen and oxygen atoms in total. The van der Waals surface area contributed by atoms with Crippen molar-refractivity contribution in [2.75, 3.05) is 6.79 Å². The summed E-state index contributed by atoms with van der Waals surface area (Å²) in [6, 6.07) is 3.62. The summed E-state index contributed by atoms with van der Waals surface area (Å²) < 4.78 is 22.8. The van der Waals surface area contributed by atoms with Gasteiger partial charge in [0, 0.05) is 5.92 Å². The average Bonchev–Trinajstić information content (AvgIpc) is 3.05. The molecule has 0 unspecified atom stereocenters. The first-order chi connectivity index (χ1) is 14.1. The molecule has 2 atom stereocenters. The van der Waals surface area contributed by atoms with E-state index in [-0.39, 0.29) is 24.2 Å². The average molecular weight is 471 g/mol. The first-order valence-electron chi connectivity index (χ1n) is 10.6. The number of carbonyl (C=O) groups is 2. The maximum atomic E-state index is 12.6. The molecule has 0 aromatic heterocycles. The zero-order chi connectivity index (χ0) is 23.6. The van der Waals surface area contributed by atoms with Gasteiger partial charge in [0.2, 0.25) is 6.79 Å². The van der Waals surface area contributed by atoms with Gasteiger partial charge in [-0.25, -0.2) is 0 Å². The van der Waals surface area contributed by atoms with Gasteiger partial charge < -0.3 is 23.4 Å². The zero-order valence-corrected chi connectivity index (χ0v) is 21.6. The Kier molecular flexibility index (Phi) is 7.88. The topological polar surface area (TPSA) is 71.1 Å². The maximum Gasteiger partial charge on any atom is 0.306 e. The Morgan fingerprint density at radius 3 is 2.39 bits per heavy atom. The molecule has 0 spiro atoms. The molecule has 2 rings (SSSR count). The number of halogens is 1. The van der Waals surface area contributed by atoms with E-state index in [9.17, 15) is 9.59 Å². The standard InChI is InChI=1S/C23H35ClO6Si/c1-22(2,3)29-20(26)12-16(19(13-25)30-31(7,8)23(4,5)6)9-15-10-17(24)21-18(11-15)27-14-28-21/h10-11,13,16,19H,9,12,14H2,1-8H3/t16-,19-/m1/s1. The van der Waals surface area contributed by atoms with Crippen LogP contribution in [0.5, 0.6) is 11.5 Å². The lowest BCUT2D eigenvalue weighted by molar-refractivity contribution is -0.156. The van der Waals surface area contributed by atoms with Crippen molar-refractivity contribution in [2.24, 2.45) is 5.92 Å². The quantitative estimate of drug-likeness (QED) is 0.282. The second-order valence-electron chi connectivity index (χ2n) is 10.5. The summed E-state index contributed by atoms with van der Waals surface area (Å²) in [6.07, 6.45) is 0.539. The number of carbonyl (C=O) groups excluding carboxylic acids is 2. The summed E-state index contributed by atoms with van der Waals surface area (Å²) in [6.45, 7) is 16.1. The highest BCUT2D eigenvalue weighted by Gasteiger charge is 2.41. The van der Waals surface area contributed by atoms with E-state index in [1.165, 1.54) is 0 Å². The second-order valence-corrected chi connectivity index (χ2v) is 15.7. The Morgan fingerprint density at radius 1 is 1.19 bits per heavy atom. The normalized spacial score (nSPS) is 16.0. The maximum absolute atomic E-state index is 12.6. The van der Waals surface area contributed by atoms with Crippen LogP contribution in [0.15, 0.2) is 12.1 Å². The number of hydrogen-bond acceptors (Lipinski definition) is 6. The summed E-state index contributed by atoms with van der Waals surface area (Å²) in [4.78, 5) is 24.8. The molecule has 0 radical (unpaired) electrons. The van der Waals surface area contributed by atoms with Crippen molar-refractivity contribution in [2.45, 2.75) is 84.2 Å². The molecule has 1 aliphatic heterocycles. The summed E-state index contributed by atoms with van der Waals surface area (Å²) in [5.41, 5.74) is 0.231. The van der Waals surface area contributed by atoms with Crippen LogP contribution in [0.4, 0.5) is 0 Å². The van der Waals surface area contributed by atoms with Gasteiger partial charge in [0.25, 0.3) is 0 Å². The molecule has 1 aliphatic rings. The lowest BCUT2D eigenvalue weighted by atomic mass is 9.91. The van der Waals surface area contributed by atoms with Crippen molar-refractivity contribution in [1.29, 1.82) is 0 Å². The van der Waals surface area contributed by atoms with Gasteiger partial charge in [0.05, 0.1) is 11.4 Å². The van der Waals surface area contributed by atoms with Crippen LogP contribution in [0.25, 0.3) is 0 Å². The molecule has 1 aromatic rings. The van der Waals surface area contributed by atoms with E-state index in [4.69, 9.17) is 30.2 Å². The van der Waals surface area contributed by atoms with E-state index in [1.807, 2.05) is 26.8 Å². The van der Waals surface area contributed by atoms with Gasteiger partial charge in [-0.3, -0.25) is 4.79 Å². The summed E-state index contributed by atoms with van der Waals surface area (Å²) in [7, 11) is -2.25. The molecule has 8 heteroatoms. The third-order valence-electron chi connectivity index (χ3n) is 5.67. The minimum absolute atomic E-state index is 0.0569. The van der Waals surface area contributed by atoms with Gasteiger partial charge in [0.15, 0.2) is 19.8 Å². The number of esters is 1. The SMILES string of the molecule is CC(C)(C)OC(=O)C[C@@H](Cc1cc(Cl)c2c(c1)OCO2)[C@@H](C=O)O[Si](C)(C)C(C)(C)C. The molecule has 0 amide bonds. The lowest BCUT2D eigenvalue weighted by Crippen LogP contribution is -2.47. The van der Waals surface area contributed by atoms with E-state index in [2.05, 4.69) is 33.9 Å². The summed E-state index contributed by atoms with van der Waals surface area (Å²) in [5, 5.41) is 0.362. The Morgan fingerprint density at radius 2 is 1.84 bits per heavy atom. The molecule has 0 bridgehead atoms. The van der Waals surface area contributed by atoms with Gasteiger partial charge in [-0.1, -0.05) is 32.4 Å². The van der Waals surface area contributed by atoms with E-state index in [0.29, 0.717) is 22.9 Å². The van der Waals surface area contributed by atoms with E-state index < -0.39 is 25.9 Å². The molecular weight excluding hydrogens is 436 g/mol. The Labute approximate surface area is 191 Å². The number of rotatable bonds is 8. The number of fused-ring (bicyclic) bond motifs is 1. The van der Waals surface area contributed by atoms with E-state index in [1.54, 1.807) is 6.07 Å². The minimum atomic E-state index is -2.25. The van der Waals surface area contributed by atoms with Gasteiger partial charge in [-0.15, -0.1) is 0 Å². The number of ether oxygens (including phenoxy) is 3. The summed E-state index contributed by atoms with van der Waals surface area (Å²) in [5.74, 6) is 0.304. The van der Waals surface area contributed by atoms with Crippen LogP contribution in [0.1, 0.15) is 53.5 Å². The Balaban J connectivity index is 2.32. The zero-order valence-electron chi connectivity index (χ0n) is 19.8. The van der Waals surface area contributed by atoms with Crippen molar-refractivity contribution in [3.05, 3.63) is 22.7 Å². The second kappa shape index (κ2) is 9.51. The van der Waals surface area contributed by atoms with Crippen LogP contribution >= 0.6 is 11.6 Å². The highest BCUT2D eigenvalue weighted by atomic mass is 35.5. The van der Waals surface area contributed by atoms with Crippen LogP contribution in [-0.2, 0) is 25.2 Å². The molecule has 0 aliphatic carbocycles. The largest absolute Gasteiger partial charge is 0.460 e. The Hall–Kier alpha value is -1.57. The number of benzene rings is 1. The molecule has 1 aromatic carbocycles. The fraction of sp³-hybridized carbons (Fsp3) is 0.652. The smallest absolute Gasteiger partial charge is 0.306 e. The molecule has 0 saturated heterocycles. The van der Waals surface area contributed by atoms with E-state index >= 15 is 0 Å². The van der Waals surface area contributed by atoms with Crippen molar-refractivity contribution in [3.63, 3.8) is 0 Å². The molecule has 1 heterocycles. The van der Waals surface area contributed by atoms with Crippen LogP contribution in [0, 0.1) is 5.92 Å². The highest BCUT2D eigenvalue weighted by molar-refractivity contribution is 6.74. The van der Waals surface area contributed by atoms with Gasteiger partial charge in [0.1, 0.15) is 18.0 Å². The monoisotopic (exact) mass is 470 g/mol. The predicted octanol–water partition coefficient (Wildman–Crippen LogP) is 5.55. The van der Waals surface area contributed by atoms with Crippen molar-refractivity contribution in [1.82, 2.24) is 0 Å². The summed E-state index contributed by atoms with van der Waals surface area (Å²) >= 11 is 6.34. The fourth-order valence-corrected chi connectivity index (χ4v) is 4.66. The minimum Gasteiger partial charge on any atom is -0.460 e. The van der Waals surface area contributed by atoms with Gasteiger partial charge >= 0.3 is 5.97 Å². The van der Waals surface area contributed by atoms with Crippen LogP contribution < -0.4 is 9.47 Å². The van der Waals surface area contributed by atoms with Gasteiger partial charge in [-0.05, 0) is 63.0 Å². The number of hydrogen-bond donors (Lipinski definition) is 0. The third-order valence-corrected chi connectivity index (χ3v) is 10.4. The third kappa shape index (κ3) is 6.96. The van der Waals surface area contributed by atoms with Crippen molar-refractivity contribution in [3.8, 4) is 11.5 Å². The number of aldehydes is 1. The van der Waals surface area contributed by atoms with Crippen molar-refractivity contribution >= 4 is 32.2 Å². The van der Waals surface area contributed by atoms with Gasteiger partial charge in [-0.2, -0.15) is 0 Å².